The predicted molar refractivity (Wildman–Crippen MR) is 65.8 cm³/mol. The molecule has 0 saturated heterocycles. The van der Waals surface area contributed by atoms with Crippen molar-refractivity contribution in [3.63, 3.8) is 0 Å². The van der Waals surface area contributed by atoms with E-state index in [1.165, 1.54) is 0 Å². The van der Waals surface area contributed by atoms with Crippen molar-refractivity contribution in [2.75, 3.05) is 7.11 Å². The number of hydrogen-bond acceptors (Lipinski definition) is 3. The number of benzene rings is 1. The fraction of sp³-hybridized carbons (Fsp3) is 0.385. The van der Waals surface area contributed by atoms with E-state index in [9.17, 15) is 5.11 Å². The van der Waals surface area contributed by atoms with Crippen LogP contribution in [0.3, 0.4) is 0 Å². The van der Waals surface area contributed by atoms with Gasteiger partial charge in [-0.05, 0) is 19.4 Å². The van der Waals surface area contributed by atoms with E-state index in [0.29, 0.717) is 18.3 Å². The van der Waals surface area contributed by atoms with Gasteiger partial charge in [-0.3, -0.25) is 0 Å². The lowest BCUT2D eigenvalue weighted by Crippen LogP contribution is -2.24. The van der Waals surface area contributed by atoms with E-state index in [-0.39, 0.29) is 5.75 Å². The van der Waals surface area contributed by atoms with Gasteiger partial charge in [0, 0.05) is 24.2 Å². The van der Waals surface area contributed by atoms with Gasteiger partial charge in [-0.25, -0.2) is 0 Å². The van der Waals surface area contributed by atoms with Gasteiger partial charge in [0.2, 0.25) is 0 Å². The molecule has 0 spiro atoms. The first kappa shape index (κ1) is 12.6. The van der Waals surface area contributed by atoms with Crippen LogP contribution >= 0.6 is 0 Å². The molecule has 1 unspecified atom stereocenters. The van der Waals surface area contributed by atoms with E-state index in [0.717, 1.165) is 12.0 Å². The van der Waals surface area contributed by atoms with Crippen LogP contribution < -0.4 is 10.1 Å². The zero-order chi connectivity index (χ0) is 12.0. The SMILES string of the molecule is C=CCC(C)NCc1ccc(OC)cc1O. The van der Waals surface area contributed by atoms with Gasteiger partial charge in [-0.15, -0.1) is 6.58 Å². The summed E-state index contributed by atoms with van der Waals surface area (Å²) in [7, 11) is 1.58. The summed E-state index contributed by atoms with van der Waals surface area (Å²) in [6, 6.07) is 5.69. The van der Waals surface area contributed by atoms with E-state index in [4.69, 9.17) is 4.74 Å². The lowest BCUT2D eigenvalue weighted by Gasteiger charge is -2.12. The molecule has 1 rings (SSSR count). The summed E-state index contributed by atoms with van der Waals surface area (Å²) in [5.41, 5.74) is 0.872. The Kier molecular flexibility index (Phi) is 4.86. The third-order valence-electron chi connectivity index (χ3n) is 2.45. The molecule has 0 heterocycles. The van der Waals surface area contributed by atoms with Gasteiger partial charge in [-0.2, -0.15) is 0 Å². The van der Waals surface area contributed by atoms with Gasteiger partial charge < -0.3 is 15.2 Å². The lowest BCUT2D eigenvalue weighted by molar-refractivity contribution is 0.405. The molecule has 1 aromatic carbocycles. The molecule has 0 aliphatic rings. The van der Waals surface area contributed by atoms with Crippen LogP contribution in [0, 0.1) is 0 Å². The van der Waals surface area contributed by atoms with Gasteiger partial charge >= 0.3 is 0 Å². The zero-order valence-corrected chi connectivity index (χ0v) is 9.86. The monoisotopic (exact) mass is 221 g/mol. The number of phenolic OH excluding ortho intramolecular Hbond substituents is 1. The summed E-state index contributed by atoms with van der Waals surface area (Å²) < 4.78 is 5.02. The maximum absolute atomic E-state index is 9.73. The predicted octanol–water partition coefficient (Wildman–Crippen LogP) is 2.46. The quantitative estimate of drug-likeness (QED) is 0.725. The average Bonchev–Trinajstić information content (AvgIpc) is 2.27. The van der Waals surface area contributed by atoms with Crippen LogP contribution in [0.5, 0.6) is 11.5 Å². The number of methoxy groups -OCH3 is 1. The van der Waals surface area contributed by atoms with Crippen LogP contribution in [0.15, 0.2) is 30.9 Å². The Labute approximate surface area is 96.8 Å². The van der Waals surface area contributed by atoms with Crippen LogP contribution in [-0.2, 0) is 6.54 Å². The summed E-state index contributed by atoms with van der Waals surface area (Å²) in [5, 5.41) is 13.0. The Bertz CT molecular complexity index is 350. The lowest BCUT2D eigenvalue weighted by atomic mass is 10.1. The molecule has 3 nitrogen and oxygen atoms in total. The number of rotatable bonds is 6. The largest absolute Gasteiger partial charge is 0.507 e. The van der Waals surface area contributed by atoms with Crippen molar-refractivity contribution in [2.24, 2.45) is 0 Å². The highest BCUT2D eigenvalue weighted by Crippen LogP contribution is 2.23. The van der Waals surface area contributed by atoms with Crippen molar-refractivity contribution in [1.82, 2.24) is 5.32 Å². The Morgan fingerprint density at radius 1 is 1.56 bits per heavy atom. The van der Waals surface area contributed by atoms with Crippen LogP contribution in [-0.4, -0.2) is 18.3 Å². The zero-order valence-electron chi connectivity index (χ0n) is 9.86. The number of nitrogens with one attached hydrogen (secondary N) is 1. The first-order valence-electron chi connectivity index (χ1n) is 5.37. The molecule has 16 heavy (non-hydrogen) atoms. The van der Waals surface area contributed by atoms with Crippen LogP contribution in [0.2, 0.25) is 0 Å². The van der Waals surface area contributed by atoms with Gasteiger partial charge in [0.25, 0.3) is 0 Å². The van der Waals surface area contributed by atoms with Crippen LogP contribution in [0.25, 0.3) is 0 Å². The number of ether oxygens (including phenoxy) is 1. The maximum Gasteiger partial charge on any atom is 0.123 e. The number of aromatic hydroxyl groups is 1. The molecule has 1 aromatic rings. The average molecular weight is 221 g/mol. The highest BCUT2D eigenvalue weighted by Gasteiger charge is 2.04. The molecule has 0 saturated carbocycles. The molecule has 0 aliphatic carbocycles. The van der Waals surface area contributed by atoms with Crippen LogP contribution in [0.1, 0.15) is 18.9 Å². The van der Waals surface area contributed by atoms with E-state index in [1.807, 2.05) is 18.2 Å². The van der Waals surface area contributed by atoms with Crippen molar-refractivity contribution < 1.29 is 9.84 Å². The highest BCUT2D eigenvalue weighted by atomic mass is 16.5. The normalized spacial score (nSPS) is 12.1. The minimum atomic E-state index is 0.262. The smallest absolute Gasteiger partial charge is 0.123 e. The molecule has 0 aliphatic heterocycles. The molecule has 0 radical (unpaired) electrons. The van der Waals surface area contributed by atoms with Gasteiger partial charge in [0.15, 0.2) is 0 Å². The van der Waals surface area contributed by atoms with Crippen molar-refractivity contribution in [1.29, 1.82) is 0 Å². The second kappa shape index (κ2) is 6.18. The van der Waals surface area contributed by atoms with Crippen molar-refractivity contribution >= 4 is 0 Å². The van der Waals surface area contributed by atoms with E-state index < -0.39 is 0 Å². The maximum atomic E-state index is 9.73. The summed E-state index contributed by atoms with van der Waals surface area (Å²) in [6.45, 7) is 6.42. The Hall–Kier alpha value is -1.48. The Morgan fingerprint density at radius 3 is 2.88 bits per heavy atom. The third-order valence-corrected chi connectivity index (χ3v) is 2.45. The summed E-state index contributed by atoms with van der Waals surface area (Å²) in [4.78, 5) is 0. The van der Waals surface area contributed by atoms with E-state index >= 15 is 0 Å². The molecule has 1 atom stereocenters. The molecule has 0 bridgehead atoms. The molecule has 0 amide bonds. The van der Waals surface area contributed by atoms with Crippen LogP contribution in [0.4, 0.5) is 0 Å². The number of hydrogen-bond donors (Lipinski definition) is 2. The second-order valence-electron chi connectivity index (χ2n) is 3.80. The Morgan fingerprint density at radius 2 is 2.31 bits per heavy atom. The molecular weight excluding hydrogens is 202 g/mol. The van der Waals surface area contributed by atoms with Crippen molar-refractivity contribution in [3.05, 3.63) is 36.4 Å². The fourth-order valence-corrected chi connectivity index (χ4v) is 1.44. The highest BCUT2D eigenvalue weighted by molar-refractivity contribution is 5.39. The van der Waals surface area contributed by atoms with Gasteiger partial charge in [-0.1, -0.05) is 12.1 Å². The summed E-state index contributed by atoms with van der Waals surface area (Å²) in [5.74, 6) is 0.929. The first-order valence-corrected chi connectivity index (χ1v) is 5.37. The minimum absolute atomic E-state index is 0.262. The molecule has 88 valence electrons. The van der Waals surface area contributed by atoms with Gasteiger partial charge in [0.1, 0.15) is 11.5 Å². The van der Waals surface area contributed by atoms with Gasteiger partial charge in [0.05, 0.1) is 7.11 Å². The summed E-state index contributed by atoms with van der Waals surface area (Å²) in [6.07, 6.45) is 2.79. The third kappa shape index (κ3) is 3.59. The fourth-order valence-electron chi connectivity index (χ4n) is 1.44. The summed E-state index contributed by atoms with van der Waals surface area (Å²) >= 11 is 0. The standard InChI is InChI=1S/C13H19NO2/c1-4-5-10(2)14-9-11-6-7-12(16-3)8-13(11)15/h4,6-8,10,14-15H,1,5,9H2,2-3H3. The van der Waals surface area contributed by atoms with E-state index in [2.05, 4.69) is 18.8 Å². The molecule has 3 heteroatoms. The second-order valence-corrected chi connectivity index (χ2v) is 3.80. The number of phenols is 1. The van der Waals surface area contributed by atoms with E-state index in [1.54, 1.807) is 13.2 Å². The molecule has 2 N–H and O–H groups in total. The topological polar surface area (TPSA) is 41.5 Å². The molecule has 0 aromatic heterocycles. The molecule has 0 fully saturated rings. The first-order chi connectivity index (χ1) is 7.67. The Balaban J connectivity index is 2.57. The van der Waals surface area contributed by atoms with Crippen molar-refractivity contribution in [3.8, 4) is 11.5 Å². The minimum Gasteiger partial charge on any atom is -0.507 e. The van der Waals surface area contributed by atoms with Crippen molar-refractivity contribution in [2.45, 2.75) is 25.9 Å². The molecular formula is C13H19NO2.